The zero-order chi connectivity index (χ0) is 9.68. The number of rotatable bonds is 4. The van der Waals surface area contributed by atoms with Gasteiger partial charge in [0.1, 0.15) is 0 Å². The minimum Gasteiger partial charge on any atom is -0.313 e. The molecule has 1 aliphatic heterocycles. The molecule has 0 radical (unpaired) electrons. The monoisotopic (exact) mass is 202 g/mol. The zero-order valence-electron chi connectivity index (χ0n) is 8.52. The normalized spacial score (nSPS) is 24.3. The van der Waals surface area contributed by atoms with Crippen LogP contribution in [0.4, 0.5) is 0 Å². The summed E-state index contributed by atoms with van der Waals surface area (Å²) in [6.45, 7) is 5.35. The van der Waals surface area contributed by atoms with Crippen molar-refractivity contribution in [1.29, 1.82) is 0 Å². The quantitative estimate of drug-likeness (QED) is 0.748. The number of hydrogen-bond acceptors (Lipinski definition) is 2. The fourth-order valence-corrected chi connectivity index (χ4v) is 1.88. The van der Waals surface area contributed by atoms with Crippen LogP contribution in [0.2, 0.25) is 0 Å². The lowest BCUT2D eigenvalue weighted by Crippen LogP contribution is -2.35. The molecule has 76 valence electrons. The Balaban J connectivity index is 2.20. The number of hydrogen-bond donors (Lipinski definition) is 1. The van der Waals surface area contributed by atoms with Crippen LogP contribution in [0.1, 0.15) is 19.8 Å². The van der Waals surface area contributed by atoms with Gasteiger partial charge >= 0.3 is 0 Å². The Hall–Kier alpha value is -0.0500. The van der Waals surface area contributed by atoms with E-state index in [0.717, 1.165) is 13.1 Å². The van der Waals surface area contributed by atoms with E-state index in [1.54, 1.807) is 5.54 Å². The number of nitrogens with one attached hydrogen (secondary N) is 1. The molecule has 3 heteroatoms. The van der Waals surface area contributed by atoms with Gasteiger partial charge in [-0.25, -0.2) is 0 Å². The van der Waals surface area contributed by atoms with Gasteiger partial charge in [-0.15, -0.1) is 0 Å². The van der Waals surface area contributed by atoms with Gasteiger partial charge in [0, 0.05) is 24.7 Å². The molecular formula is C10H19ClN2. The van der Waals surface area contributed by atoms with E-state index in [1.807, 2.05) is 0 Å². The van der Waals surface area contributed by atoms with Crippen molar-refractivity contribution in [3.63, 3.8) is 0 Å². The Labute approximate surface area is 85.9 Å². The van der Waals surface area contributed by atoms with Gasteiger partial charge in [0.15, 0.2) is 0 Å². The highest BCUT2D eigenvalue weighted by Crippen LogP contribution is 2.07. The van der Waals surface area contributed by atoms with Crippen LogP contribution >= 0.6 is 11.6 Å². The molecule has 1 unspecified atom stereocenters. The van der Waals surface area contributed by atoms with Gasteiger partial charge in [0.25, 0.3) is 0 Å². The fraction of sp³-hybridized carbons (Fsp3) is 0.800. The van der Waals surface area contributed by atoms with Gasteiger partial charge in [-0.1, -0.05) is 11.6 Å². The molecule has 1 rings (SSSR count). The van der Waals surface area contributed by atoms with Gasteiger partial charge in [-0.05, 0) is 38.9 Å². The summed E-state index contributed by atoms with van der Waals surface area (Å²) in [4.78, 5) is 2.32. The predicted octanol–water partition coefficient (Wildman–Crippen LogP) is 1.81. The molecule has 0 aromatic heterocycles. The second kappa shape index (κ2) is 5.63. The topological polar surface area (TPSA) is 15.3 Å². The highest BCUT2D eigenvalue weighted by molar-refractivity contribution is 6.25. The van der Waals surface area contributed by atoms with Crippen molar-refractivity contribution in [3.8, 4) is 0 Å². The lowest BCUT2D eigenvalue weighted by molar-refractivity contribution is 0.322. The number of nitrogens with zero attached hydrogens (tertiary/aromatic N) is 1. The first kappa shape index (κ1) is 11.0. The van der Waals surface area contributed by atoms with Crippen LogP contribution < -0.4 is 5.32 Å². The van der Waals surface area contributed by atoms with Crippen LogP contribution in [-0.4, -0.2) is 37.6 Å². The molecule has 1 N–H and O–H groups in total. The van der Waals surface area contributed by atoms with E-state index in [9.17, 15) is 0 Å². The van der Waals surface area contributed by atoms with Crippen molar-refractivity contribution < 1.29 is 0 Å². The molecule has 0 amide bonds. The van der Waals surface area contributed by atoms with Crippen molar-refractivity contribution in [1.82, 2.24) is 10.2 Å². The van der Waals surface area contributed by atoms with E-state index in [1.165, 1.54) is 25.0 Å². The van der Waals surface area contributed by atoms with E-state index in [-0.39, 0.29) is 0 Å². The average molecular weight is 203 g/mol. The van der Waals surface area contributed by atoms with Gasteiger partial charge in [0.05, 0.1) is 0 Å². The molecule has 0 spiro atoms. The Morgan fingerprint density at radius 1 is 1.69 bits per heavy atom. The van der Waals surface area contributed by atoms with Crippen LogP contribution in [-0.2, 0) is 0 Å². The van der Waals surface area contributed by atoms with Gasteiger partial charge in [-0.3, -0.25) is 0 Å². The molecule has 1 heterocycles. The van der Waals surface area contributed by atoms with Crippen molar-refractivity contribution >= 4 is 11.6 Å². The summed E-state index contributed by atoms with van der Waals surface area (Å²) in [5, 5.41) is 3.48. The maximum absolute atomic E-state index is 5.61. The van der Waals surface area contributed by atoms with E-state index >= 15 is 0 Å². The van der Waals surface area contributed by atoms with Gasteiger partial charge in [0.2, 0.25) is 0 Å². The summed E-state index contributed by atoms with van der Waals surface area (Å²) in [7, 11) is 2.14. The maximum atomic E-state index is 5.61. The molecule has 0 aromatic rings. The van der Waals surface area contributed by atoms with Crippen molar-refractivity contribution in [2.75, 3.05) is 26.7 Å². The van der Waals surface area contributed by atoms with Crippen LogP contribution in [0.15, 0.2) is 11.1 Å². The van der Waals surface area contributed by atoms with E-state index in [0.29, 0.717) is 6.04 Å². The number of likely N-dealkylation sites (N-methyl/N-ethyl adjacent to an activating group) is 1. The third kappa shape index (κ3) is 4.12. The highest BCUT2D eigenvalue weighted by Gasteiger charge is 2.15. The summed E-state index contributed by atoms with van der Waals surface area (Å²) in [6.07, 6.45) is 2.64. The zero-order valence-corrected chi connectivity index (χ0v) is 9.27. The van der Waals surface area contributed by atoms with Crippen molar-refractivity contribution in [3.05, 3.63) is 11.1 Å². The molecule has 1 saturated heterocycles. The third-order valence-corrected chi connectivity index (χ3v) is 2.77. The summed E-state index contributed by atoms with van der Waals surface area (Å²) in [5.74, 6) is 0. The standard InChI is InChI=1S/C10H19ClN2/c1-9(6-11)7-13(2)8-10-4-3-5-12-10/h6,10,12H,3-5,7-8H2,1-2H3. The van der Waals surface area contributed by atoms with Gasteiger partial charge in [-0.2, -0.15) is 0 Å². The molecular weight excluding hydrogens is 184 g/mol. The van der Waals surface area contributed by atoms with Crippen molar-refractivity contribution in [2.45, 2.75) is 25.8 Å². The average Bonchev–Trinajstić information content (AvgIpc) is 2.56. The number of halogens is 1. The minimum absolute atomic E-state index is 0.688. The molecule has 0 aliphatic carbocycles. The lowest BCUT2D eigenvalue weighted by Gasteiger charge is -2.20. The van der Waals surface area contributed by atoms with Crippen LogP contribution in [0, 0.1) is 0 Å². The third-order valence-electron chi connectivity index (χ3n) is 2.40. The van der Waals surface area contributed by atoms with E-state index < -0.39 is 0 Å². The molecule has 13 heavy (non-hydrogen) atoms. The van der Waals surface area contributed by atoms with Gasteiger partial charge < -0.3 is 10.2 Å². The Morgan fingerprint density at radius 2 is 2.46 bits per heavy atom. The molecule has 1 atom stereocenters. The highest BCUT2D eigenvalue weighted by atomic mass is 35.5. The van der Waals surface area contributed by atoms with E-state index in [2.05, 4.69) is 24.2 Å². The largest absolute Gasteiger partial charge is 0.313 e. The first-order valence-corrected chi connectivity index (χ1v) is 5.34. The Morgan fingerprint density at radius 3 is 3.00 bits per heavy atom. The molecule has 1 fully saturated rings. The van der Waals surface area contributed by atoms with E-state index in [4.69, 9.17) is 11.6 Å². The summed E-state index contributed by atoms with van der Waals surface area (Å²) in [5.41, 5.74) is 2.89. The predicted molar refractivity (Wildman–Crippen MR) is 58.1 cm³/mol. The molecule has 0 bridgehead atoms. The Bertz CT molecular complexity index is 174. The second-order valence-electron chi connectivity index (χ2n) is 3.95. The first-order valence-electron chi connectivity index (χ1n) is 4.90. The second-order valence-corrected chi connectivity index (χ2v) is 4.16. The van der Waals surface area contributed by atoms with Crippen LogP contribution in [0.3, 0.4) is 0 Å². The molecule has 0 saturated carbocycles. The minimum atomic E-state index is 0.688. The summed E-state index contributed by atoms with van der Waals surface area (Å²) >= 11 is 5.61. The molecule has 2 nitrogen and oxygen atoms in total. The lowest BCUT2D eigenvalue weighted by atomic mass is 10.2. The fourth-order valence-electron chi connectivity index (χ4n) is 1.81. The first-order chi connectivity index (χ1) is 6.22. The smallest absolute Gasteiger partial charge is 0.0199 e. The van der Waals surface area contributed by atoms with Crippen LogP contribution in [0.25, 0.3) is 0 Å². The summed E-state index contributed by atoms with van der Waals surface area (Å²) < 4.78 is 0. The summed E-state index contributed by atoms with van der Waals surface area (Å²) in [6, 6.07) is 0.688. The SMILES string of the molecule is CC(=CCl)CN(C)CC1CCCN1. The van der Waals surface area contributed by atoms with Crippen LogP contribution in [0.5, 0.6) is 0 Å². The molecule has 1 aliphatic rings. The van der Waals surface area contributed by atoms with Crippen molar-refractivity contribution in [2.24, 2.45) is 0 Å². The maximum Gasteiger partial charge on any atom is 0.0199 e. The Kier molecular flexibility index (Phi) is 4.78. The molecule has 0 aromatic carbocycles.